The third kappa shape index (κ3) is 4.28. The summed E-state index contributed by atoms with van der Waals surface area (Å²) in [5.74, 6) is -0.0445. The molecule has 0 spiro atoms. The molecule has 2 rings (SSSR count). The zero-order valence-electron chi connectivity index (χ0n) is 12.1. The van der Waals surface area contributed by atoms with Crippen molar-refractivity contribution in [1.29, 1.82) is 5.41 Å². The highest BCUT2D eigenvalue weighted by atomic mass is 32.2. The summed E-state index contributed by atoms with van der Waals surface area (Å²) >= 11 is 0. The smallest absolute Gasteiger partial charge is 0.212 e. The van der Waals surface area contributed by atoms with E-state index in [1.54, 1.807) is 0 Å². The number of hydrogen-bond donors (Lipinski definition) is 3. The zero-order chi connectivity index (χ0) is 15.3. The fourth-order valence-corrected chi connectivity index (χ4v) is 4.34. The molecule has 0 saturated heterocycles. The Kier molecular flexibility index (Phi) is 5.00. The Hall–Kier alpha value is -1.40. The van der Waals surface area contributed by atoms with Crippen molar-refractivity contribution in [3.63, 3.8) is 0 Å². The van der Waals surface area contributed by atoms with Crippen LogP contribution in [0.5, 0.6) is 0 Å². The van der Waals surface area contributed by atoms with Crippen LogP contribution < -0.4 is 10.5 Å². The molecule has 0 aromatic heterocycles. The van der Waals surface area contributed by atoms with E-state index >= 15 is 0 Å². The lowest BCUT2D eigenvalue weighted by Crippen LogP contribution is -2.58. The lowest BCUT2D eigenvalue weighted by atomic mass is 9.82. The molecule has 0 heterocycles. The molecule has 1 saturated carbocycles. The molecular weight excluding hydrogens is 286 g/mol. The van der Waals surface area contributed by atoms with Crippen molar-refractivity contribution in [2.75, 3.05) is 5.75 Å². The van der Waals surface area contributed by atoms with Crippen LogP contribution in [0.15, 0.2) is 30.3 Å². The van der Waals surface area contributed by atoms with Gasteiger partial charge in [0.1, 0.15) is 5.84 Å². The monoisotopic (exact) mass is 309 g/mol. The third-order valence-electron chi connectivity index (χ3n) is 4.08. The third-order valence-corrected chi connectivity index (χ3v) is 5.52. The Morgan fingerprint density at radius 1 is 1.19 bits per heavy atom. The summed E-state index contributed by atoms with van der Waals surface area (Å²) < 4.78 is 27.3. The molecule has 4 N–H and O–H groups in total. The molecule has 6 heteroatoms. The number of amidine groups is 1. The van der Waals surface area contributed by atoms with Gasteiger partial charge in [0.15, 0.2) is 0 Å². The molecule has 1 aromatic rings. The van der Waals surface area contributed by atoms with Gasteiger partial charge >= 0.3 is 0 Å². The zero-order valence-corrected chi connectivity index (χ0v) is 13.0. The van der Waals surface area contributed by atoms with Crippen LogP contribution >= 0.6 is 0 Å². The molecule has 5 nitrogen and oxygen atoms in total. The lowest BCUT2D eigenvalue weighted by Gasteiger charge is -2.36. The molecule has 0 radical (unpaired) electrons. The van der Waals surface area contributed by atoms with Crippen molar-refractivity contribution in [3.8, 4) is 0 Å². The highest BCUT2D eigenvalue weighted by molar-refractivity contribution is 7.89. The van der Waals surface area contributed by atoms with E-state index in [9.17, 15) is 8.42 Å². The molecule has 0 bridgehead atoms. The minimum absolute atomic E-state index is 0.0199. The van der Waals surface area contributed by atoms with Gasteiger partial charge in [-0.25, -0.2) is 13.1 Å². The van der Waals surface area contributed by atoms with E-state index in [1.165, 1.54) is 0 Å². The summed E-state index contributed by atoms with van der Waals surface area (Å²) in [5, 5.41) is 7.76. The van der Waals surface area contributed by atoms with Gasteiger partial charge in [0.2, 0.25) is 10.0 Å². The maximum atomic E-state index is 12.3. The molecule has 116 valence electrons. The minimum atomic E-state index is -3.45. The topological polar surface area (TPSA) is 96.0 Å². The molecule has 21 heavy (non-hydrogen) atoms. The molecule has 0 unspecified atom stereocenters. The van der Waals surface area contributed by atoms with E-state index in [-0.39, 0.29) is 11.6 Å². The van der Waals surface area contributed by atoms with Crippen molar-refractivity contribution >= 4 is 15.9 Å². The van der Waals surface area contributed by atoms with Crippen molar-refractivity contribution < 1.29 is 8.42 Å². The van der Waals surface area contributed by atoms with E-state index < -0.39 is 15.6 Å². The van der Waals surface area contributed by atoms with Crippen molar-refractivity contribution in [2.45, 2.75) is 44.1 Å². The average molecular weight is 309 g/mol. The van der Waals surface area contributed by atoms with Crippen molar-refractivity contribution in [2.24, 2.45) is 5.73 Å². The first kappa shape index (κ1) is 16.0. The van der Waals surface area contributed by atoms with Gasteiger partial charge in [0.05, 0.1) is 11.3 Å². The fourth-order valence-electron chi connectivity index (χ4n) is 2.83. The Labute approximate surface area is 126 Å². The molecule has 0 aliphatic heterocycles. The second-order valence-electron chi connectivity index (χ2n) is 5.71. The molecule has 1 aromatic carbocycles. The van der Waals surface area contributed by atoms with Gasteiger partial charge in [-0.3, -0.25) is 5.41 Å². The summed E-state index contributed by atoms with van der Waals surface area (Å²) in [4.78, 5) is 0. The Bertz CT molecular complexity index is 578. The lowest BCUT2D eigenvalue weighted by molar-refractivity contribution is 0.348. The number of nitrogens with two attached hydrogens (primary N) is 1. The number of benzene rings is 1. The minimum Gasteiger partial charge on any atom is -0.386 e. The van der Waals surface area contributed by atoms with Crippen LogP contribution in [-0.4, -0.2) is 25.5 Å². The first-order valence-electron chi connectivity index (χ1n) is 7.34. The van der Waals surface area contributed by atoms with E-state index in [1.807, 2.05) is 30.3 Å². The first-order valence-corrected chi connectivity index (χ1v) is 8.99. The van der Waals surface area contributed by atoms with Crippen molar-refractivity contribution in [1.82, 2.24) is 4.72 Å². The Balaban J connectivity index is 2.03. The molecule has 1 fully saturated rings. The summed E-state index contributed by atoms with van der Waals surface area (Å²) in [7, 11) is -3.45. The van der Waals surface area contributed by atoms with Crippen LogP contribution in [0.25, 0.3) is 0 Å². The van der Waals surface area contributed by atoms with Crippen LogP contribution in [0.4, 0.5) is 0 Å². The standard InChI is InChI=1S/C15H23N3O2S/c16-14(17)15(10-5-2-6-11-15)18-21(19,20)12-9-13-7-3-1-4-8-13/h1,3-4,7-8,18H,2,5-6,9-12H2,(H3,16,17). The van der Waals surface area contributed by atoms with Gasteiger partial charge in [-0.1, -0.05) is 49.6 Å². The number of hydrogen-bond acceptors (Lipinski definition) is 3. The van der Waals surface area contributed by atoms with Crippen LogP contribution in [0.2, 0.25) is 0 Å². The van der Waals surface area contributed by atoms with Crippen LogP contribution in [0, 0.1) is 5.41 Å². The predicted octanol–water partition coefficient (Wildman–Crippen LogP) is 1.79. The summed E-state index contributed by atoms with van der Waals surface area (Å²) in [6, 6.07) is 9.53. The second kappa shape index (κ2) is 6.58. The highest BCUT2D eigenvalue weighted by Crippen LogP contribution is 2.28. The molecular formula is C15H23N3O2S. The predicted molar refractivity (Wildman–Crippen MR) is 84.8 cm³/mol. The largest absolute Gasteiger partial charge is 0.386 e. The Morgan fingerprint density at radius 2 is 1.81 bits per heavy atom. The van der Waals surface area contributed by atoms with Crippen LogP contribution in [-0.2, 0) is 16.4 Å². The summed E-state index contributed by atoms with van der Waals surface area (Å²) in [6.45, 7) is 0. The number of rotatable bonds is 6. The van der Waals surface area contributed by atoms with E-state index in [0.29, 0.717) is 19.3 Å². The average Bonchev–Trinajstić information content (AvgIpc) is 2.47. The summed E-state index contributed by atoms with van der Waals surface area (Å²) in [5.41, 5.74) is 5.79. The van der Waals surface area contributed by atoms with Gasteiger partial charge in [-0.15, -0.1) is 0 Å². The van der Waals surface area contributed by atoms with E-state index in [0.717, 1.165) is 24.8 Å². The van der Waals surface area contributed by atoms with Gasteiger partial charge in [0, 0.05) is 0 Å². The van der Waals surface area contributed by atoms with Gasteiger partial charge in [-0.2, -0.15) is 0 Å². The van der Waals surface area contributed by atoms with Gasteiger partial charge in [0.25, 0.3) is 0 Å². The molecule has 0 atom stereocenters. The molecule has 1 aliphatic carbocycles. The quantitative estimate of drug-likeness (QED) is 0.552. The second-order valence-corrected chi connectivity index (χ2v) is 7.55. The maximum Gasteiger partial charge on any atom is 0.212 e. The maximum absolute atomic E-state index is 12.3. The fraction of sp³-hybridized carbons (Fsp3) is 0.533. The summed E-state index contributed by atoms with van der Waals surface area (Å²) in [6.07, 6.45) is 4.58. The highest BCUT2D eigenvalue weighted by Gasteiger charge is 2.38. The normalized spacial score (nSPS) is 18.3. The Morgan fingerprint density at radius 3 is 2.38 bits per heavy atom. The number of sulfonamides is 1. The number of aryl methyl sites for hydroxylation is 1. The van der Waals surface area contributed by atoms with Crippen LogP contribution in [0.1, 0.15) is 37.7 Å². The van der Waals surface area contributed by atoms with E-state index in [2.05, 4.69) is 4.72 Å². The van der Waals surface area contributed by atoms with Gasteiger partial charge in [-0.05, 0) is 24.8 Å². The SMILES string of the molecule is N=C(N)C1(NS(=O)(=O)CCc2ccccc2)CCCCC1. The van der Waals surface area contributed by atoms with E-state index in [4.69, 9.17) is 11.1 Å². The first-order chi connectivity index (χ1) is 9.94. The van der Waals surface area contributed by atoms with Crippen LogP contribution in [0.3, 0.4) is 0 Å². The van der Waals surface area contributed by atoms with Gasteiger partial charge < -0.3 is 5.73 Å². The number of nitrogens with one attached hydrogen (secondary N) is 2. The van der Waals surface area contributed by atoms with Crippen molar-refractivity contribution in [3.05, 3.63) is 35.9 Å². The molecule has 1 aliphatic rings. The molecule has 0 amide bonds.